The van der Waals surface area contributed by atoms with E-state index in [1.54, 1.807) is 11.0 Å². The lowest BCUT2D eigenvalue weighted by molar-refractivity contribution is -0.384. The zero-order chi connectivity index (χ0) is 25.1. The van der Waals surface area contributed by atoms with Gasteiger partial charge in [-0.3, -0.25) is 14.9 Å². The first-order valence-electron chi connectivity index (χ1n) is 11.2. The average molecular weight is 483 g/mol. The molecule has 1 heterocycles. The smallest absolute Gasteiger partial charge is 0.410 e. The van der Waals surface area contributed by atoms with Gasteiger partial charge in [-0.2, -0.15) is 0 Å². The van der Waals surface area contributed by atoms with Crippen LogP contribution < -0.4 is 15.4 Å². The van der Waals surface area contributed by atoms with Gasteiger partial charge in [0, 0.05) is 25.7 Å². The number of amides is 2. The molecule has 0 spiro atoms. The highest BCUT2D eigenvalue weighted by atomic mass is 16.6. The van der Waals surface area contributed by atoms with Gasteiger partial charge in [-0.1, -0.05) is 6.07 Å². The lowest BCUT2D eigenvalue weighted by Crippen LogP contribution is -2.48. The van der Waals surface area contributed by atoms with Gasteiger partial charge in [0.05, 0.1) is 24.7 Å². The van der Waals surface area contributed by atoms with Gasteiger partial charge in [0.15, 0.2) is 12.4 Å². The summed E-state index contributed by atoms with van der Waals surface area (Å²) in [4.78, 5) is 37.1. The predicted octanol–water partition coefficient (Wildman–Crippen LogP) is 1.91. The van der Waals surface area contributed by atoms with Crippen molar-refractivity contribution in [1.82, 2.24) is 10.2 Å². The fourth-order valence-corrected chi connectivity index (χ4v) is 3.34. The Bertz CT molecular complexity index is 835. The van der Waals surface area contributed by atoms with Crippen LogP contribution in [-0.4, -0.2) is 84.6 Å². The summed E-state index contributed by atoms with van der Waals surface area (Å²) in [5.74, 6) is -0.429. The maximum absolute atomic E-state index is 12.4. The molecule has 0 aliphatic carbocycles. The Labute approximate surface area is 198 Å². The molecule has 0 radical (unpaired) electrons. The van der Waals surface area contributed by atoms with Crippen LogP contribution in [0.5, 0.6) is 5.75 Å². The Hall–Kier alpha value is -3.12. The van der Waals surface area contributed by atoms with E-state index in [4.69, 9.17) is 19.3 Å². The topological polar surface area (TPSA) is 153 Å². The first kappa shape index (κ1) is 27.1. The maximum atomic E-state index is 12.4. The molecule has 0 unspecified atom stereocenters. The number of carbonyl (C=O) groups is 2. The van der Waals surface area contributed by atoms with E-state index in [0.717, 1.165) is 0 Å². The largest absolute Gasteiger partial charge is 0.477 e. The van der Waals surface area contributed by atoms with Crippen molar-refractivity contribution in [2.24, 2.45) is 0 Å². The number of nitro benzene ring substituents is 1. The van der Waals surface area contributed by atoms with Crippen molar-refractivity contribution < 1.29 is 33.8 Å². The zero-order valence-corrected chi connectivity index (χ0v) is 19.9. The maximum Gasteiger partial charge on any atom is 0.410 e. The predicted molar refractivity (Wildman–Crippen MR) is 124 cm³/mol. The monoisotopic (exact) mass is 482 g/mol. The number of hydrogen-bond donors (Lipinski definition) is 3. The minimum atomic E-state index is -0.573. The number of nitro groups is 1. The van der Waals surface area contributed by atoms with E-state index in [2.05, 4.69) is 10.6 Å². The third-order valence-electron chi connectivity index (χ3n) is 4.85. The number of piperidine rings is 1. The summed E-state index contributed by atoms with van der Waals surface area (Å²) in [6, 6.07) is 4.42. The highest BCUT2D eigenvalue weighted by molar-refractivity contribution is 5.78. The van der Waals surface area contributed by atoms with Crippen LogP contribution in [-0.2, 0) is 14.3 Å². The van der Waals surface area contributed by atoms with Gasteiger partial charge in [-0.05, 0) is 45.7 Å². The number of carbonyl (C=O) groups excluding carboxylic acids is 2. The quantitative estimate of drug-likeness (QED) is 0.244. The number of nitrogens with zero attached hydrogens (tertiary/aromatic N) is 2. The molecule has 1 aliphatic rings. The first-order chi connectivity index (χ1) is 16.1. The molecular formula is C22H34N4O8. The average Bonchev–Trinajstić information content (AvgIpc) is 2.76. The van der Waals surface area contributed by atoms with Crippen LogP contribution in [0.25, 0.3) is 0 Å². The number of nitrogens with one attached hydrogen (secondary N) is 2. The number of rotatable bonds is 11. The molecule has 0 bridgehead atoms. The molecule has 1 aromatic carbocycles. The summed E-state index contributed by atoms with van der Waals surface area (Å²) in [5.41, 5.74) is -0.601. The number of anilines is 1. The second-order valence-corrected chi connectivity index (χ2v) is 8.77. The number of para-hydroxylation sites is 1. The van der Waals surface area contributed by atoms with Crippen LogP contribution in [0.1, 0.15) is 33.6 Å². The van der Waals surface area contributed by atoms with Crippen molar-refractivity contribution in [2.45, 2.75) is 45.3 Å². The zero-order valence-electron chi connectivity index (χ0n) is 19.9. The Kier molecular flexibility index (Phi) is 10.3. The number of hydrogen-bond acceptors (Lipinski definition) is 9. The van der Waals surface area contributed by atoms with Crippen LogP contribution in [0.15, 0.2) is 18.2 Å². The minimum absolute atomic E-state index is 0.0267. The second-order valence-electron chi connectivity index (χ2n) is 8.77. The summed E-state index contributed by atoms with van der Waals surface area (Å²) in [6.07, 6.45) is 0.771. The van der Waals surface area contributed by atoms with Gasteiger partial charge in [0.2, 0.25) is 0 Å². The Morgan fingerprint density at radius 2 is 1.94 bits per heavy atom. The van der Waals surface area contributed by atoms with Gasteiger partial charge in [-0.15, -0.1) is 0 Å². The highest BCUT2D eigenvalue weighted by Crippen LogP contribution is 2.34. The van der Waals surface area contributed by atoms with E-state index >= 15 is 0 Å². The molecule has 12 nitrogen and oxygen atoms in total. The summed E-state index contributed by atoms with van der Waals surface area (Å²) in [7, 11) is 0. The lowest BCUT2D eigenvalue weighted by atomic mass is 10.1. The van der Waals surface area contributed by atoms with E-state index in [9.17, 15) is 19.7 Å². The second kappa shape index (κ2) is 12.9. The van der Waals surface area contributed by atoms with Crippen molar-refractivity contribution in [3.05, 3.63) is 28.3 Å². The SMILES string of the molecule is CC(C)(C)OC(=O)N1CCC(NC(=O)COc2cccc(NCCOCCO)c2[N+](=O)[O-])CC1. The molecular weight excluding hydrogens is 448 g/mol. The summed E-state index contributed by atoms with van der Waals surface area (Å²) < 4.78 is 16.0. The van der Waals surface area contributed by atoms with Gasteiger partial charge in [0.25, 0.3) is 5.91 Å². The van der Waals surface area contributed by atoms with Crippen molar-refractivity contribution in [2.75, 3.05) is 51.4 Å². The van der Waals surface area contributed by atoms with E-state index < -0.39 is 16.4 Å². The van der Waals surface area contributed by atoms with Gasteiger partial charge >= 0.3 is 11.8 Å². The fourth-order valence-electron chi connectivity index (χ4n) is 3.34. The first-order valence-corrected chi connectivity index (χ1v) is 11.2. The molecule has 3 N–H and O–H groups in total. The molecule has 2 rings (SSSR count). The molecule has 1 aromatic rings. The van der Waals surface area contributed by atoms with Crippen molar-refractivity contribution in [3.63, 3.8) is 0 Å². The van der Waals surface area contributed by atoms with Crippen molar-refractivity contribution >= 4 is 23.4 Å². The standard InChI is InChI=1S/C22H34N4O8/c1-22(2,3)34-21(29)25-10-7-16(8-11-25)24-19(28)15-33-18-6-4-5-17(20(18)26(30)31)23-9-13-32-14-12-27/h4-6,16,23,27H,7-15H2,1-3H3,(H,24,28). The number of aliphatic hydroxyl groups excluding tert-OH is 1. The third-order valence-corrected chi connectivity index (χ3v) is 4.85. The molecule has 12 heteroatoms. The molecule has 1 aliphatic heterocycles. The van der Waals surface area contributed by atoms with Crippen LogP contribution in [0, 0.1) is 10.1 Å². The molecule has 190 valence electrons. The number of aliphatic hydroxyl groups is 1. The summed E-state index contributed by atoms with van der Waals surface area (Å²) >= 11 is 0. The van der Waals surface area contributed by atoms with Crippen LogP contribution in [0.3, 0.4) is 0 Å². The lowest BCUT2D eigenvalue weighted by Gasteiger charge is -2.33. The third kappa shape index (κ3) is 9.02. The Balaban J connectivity index is 1.84. The molecule has 0 atom stereocenters. The van der Waals surface area contributed by atoms with Crippen molar-refractivity contribution in [1.29, 1.82) is 0 Å². The summed E-state index contributed by atoms with van der Waals surface area (Å²) in [6.45, 7) is 6.60. The molecule has 1 saturated heterocycles. The summed E-state index contributed by atoms with van der Waals surface area (Å²) in [5, 5.41) is 26.1. The van der Waals surface area contributed by atoms with Crippen LogP contribution >= 0.6 is 0 Å². The normalized spacial score (nSPS) is 14.4. The fraction of sp³-hybridized carbons (Fsp3) is 0.636. The number of benzene rings is 1. The number of ether oxygens (including phenoxy) is 3. The van der Waals surface area contributed by atoms with Gasteiger partial charge < -0.3 is 34.9 Å². The van der Waals surface area contributed by atoms with Crippen molar-refractivity contribution in [3.8, 4) is 5.75 Å². The Morgan fingerprint density at radius 1 is 1.24 bits per heavy atom. The molecule has 34 heavy (non-hydrogen) atoms. The molecule has 1 fully saturated rings. The molecule has 2 amide bonds. The van der Waals surface area contributed by atoms with Crippen LogP contribution in [0.4, 0.5) is 16.2 Å². The molecule has 0 saturated carbocycles. The van der Waals surface area contributed by atoms with E-state index in [0.29, 0.717) is 32.5 Å². The van der Waals surface area contributed by atoms with Crippen LogP contribution in [0.2, 0.25) is 0 Å². The van der Waals surface area contributed by atoms with Gasteiger partial charge in [0.1, 0.15) is 11.3 Å². The van der Waals surface area contributed by atoms with E-state index in [1.165, 1.54) is 12.1 Å². The Morgan fingerprint density at radius 3 is 2.56 bits per heavy atom. The number of likely N-dealkylation sites (tertiary alicyclic amines) is 1. The minimum Gasteiger partial charge on any atom is -0.477 e. The van der Waals surface area contributed by atoms with Gasteiger partial charge in [-0.25, -0.2) is 4.79 Å². The van der Waals surface area contributed by atoms with E-state index in [-0.39, 0.29) is 55.7 Å². The highest BCUT2D eigenvalue weighted by Gasteiger charge is 2.28. The van der Waals surface area contributed by atoms with E-state index in [1.807, 2.05) is 20.8 Å². The molecule has 0 aromatic heterocycles.